The summed E-state index contributed by atoms with van der Waals surface area (Å²) >= 11 is 0. The largest absolute Gasteiger partial charge is 0.855 e. The number of alkyl carbamates (subject to hydrolysis) is 1. The first-order valence-electron chi connectivity index (χ1n) is 12.9. The lowest BCUT2D eigenvalue weighted by atomic mass is 10.0. The molecule has 0 aromatic heterocycles. The van der Waals surface area contributed by atoms with Gasteiger partial charge in [0.1, 0.15) is 25.3 Å². The Labute approximate surface area is 223 Å². The molecule has 38 heavy (non-hydrogen) atoms. The van der Waals surface area contributed by atoms with Crippen molar-refractivity contribution in [1.29, 1.82) is 0 Å². The van der Waals surface area contributed by atoms with E-state index in [9.17, 15) is 15.0 Å². The van der Waals surface area contributed by atoms with Gasteiger partial charge in [-0.3, -0.25) is 0 Å². The third kappa shape index (κ3) is 8.14. The number of aliphatic hydroxyl groups is 1. The second-order valence-electron chi connectivity index (χ2n) is 9.84. The maximum atomic E-state index is 13.1. The van der Waals surface area contributed by atoms with Crippen molar-refractivity contribution in [3.63, 3.8) is 0 Å². The summed E-state index contributed by atoms with van der Waals surface area (Å²) in [6.45, 7) is 1.41. The maximum Gasteiger partial charge on any atom is 0.407 e. The van der Waals surface area contributed by atoms with E-state index in [2.05, 4.69) is 10.4 Å². The lowest BCUT2D eigenvalue weighted by Crippen LogP contribution is -2.54. The van der Waals surface area contributed by atoms with Crippen LogP contribution in [0.15, 0.2) is 96.1 Å². The number of nitrogens with one attached hydrogen (secondary N) is 1. The van der Waals surface area contributed by atoms with Crippen LogP contribution in [0.3, 0.4) is 0 Å². The molecule has 2 N–H and O–H groups in total. The fourth-order valence-electron chi connectivity index (χ4n) is 4.60. The first-order chi connectivity index (χ1) is 18.4. The van der Waals surface area contributed by atoms with Crippen molar-refractivity contribution >= 4 is 12.0 Å². The first kappa shape index (κ1) is 27.3. The molecule has 0 bridgehead atoms. The average molecular weight is 518 g/mol. The number of aliphatic hydroxyl groups excluding tert-OH is 1. The molecule has 1 aliphatic rings. The average Bonchev–Trinajstić information content (AvgIpc) is 3.42. The summed E-state index contributed by atoms with van der Waals surface area (Å²) in [6, 6.07) is 27.5. The summed E-state index contributed by atoms with van der Waals surface area (Å²) < 4.78 is 10.7. The summed E-state index contributed by atoms with van der Waals surface area (Å²) in [6.07, 6.45) is -0.900. The predicted octanol–water partition coefficient (Wildman–Crippen LogP) is 2.84. The van der Waals surface area contributed by atoms with E-state index in [1.165, 1.54) is 0 Å². The number of carbonyl (C=O) groups is 1. The van der Waals surface area contributed by atoms with E-state index in [4.69, 9.17) is 9.47 Å². The van der Waals surface area contributed by atoms with E-state index in [1.807, 2.05) is 73.8 Å². The molecule has 200 valence electrons. The van der Waals surface area contributed by atoms with Crippen molar-refractivity contribution in [3.05, 3.63) is 108 Å². The molecule has 3 aromatic carbocycles. The van der Waals surface area contributed by atoms with Crippen LogP contribution in [0, 0.1) is 0 Å². The fourth-order valence-corrected chi connectivity index (χ4v) is 4.60. The molecule has 4 atom stereocenters. The summed E-state index contributed by atoms with van der Waals surface area (Å²) in [7, 11) is 1.81. The van der Waals surface area contributed by atoms with Crippen LogP contribution >= 0.6 is 0 Å². The SMILES string of the molecule is C[N+](Cc1ccccc1)(C[C@H](O)[C@H](Cc1ccccc1)NC(=O)OC1CCOC1)/N=C(\[O-])c1ccccc1. The van der Waals surface area contributed by atoms with Crippen molar-refractivity contribution in [1.82, 2.24) is 5.32 Å². The highest BCUT2D eigenvalue weighted by Crippen LogP contribution is 2.18. The molecule has 2 unspecified atom stereocenters. The number of rotatable bonds is 11. The van der Waals surface area contributed by atoms with Crippen molar-refractivity contribution in [2.75, 3.05) is 26.8 Å². The van der Waals surface area contributed by atoms with Crippen molar-refractivity contribution in [3.8, 4) is 0 Å². The van der Waals surface area contributed by atoms with E-state index in [0.717, 1.165) is 11.1 Å². The monoisotopic (exact) mass is 517 g/mol. The van der Waals surface area contributed by atoms with Gasteiger partial charge in [0.15, 0.2) is 0 Å². The topological polar surface area (TPSA) is 103 Å². The molecule has 3 aromatic rings. The molecule has 1 fully saturated rings. The third-order valence-electron chi connectivity index (χ3n) is 6.53. The summed E-state index contributed by atoms with van der Waals surface area (Å²) in [4.78, 5) is 12.7. The van der Waals surface area contributed by atoms with Crippen molar-refractivity contribution < 1.29 is 29.1 Å². The highest BCUT2D eigenvalue weighted by Gasteiger charge is 2.33. The lowest BCUT2D eigenvalue weighted by Gasteiger charge is -2.34. The lowest BCUT2D eigenvalue weighted by molar-refractivity contribution is -0.933. The Morgan fingerprint density at radius 2 is 1.66 bits per heavy atom. The van der Waals surface area contributed by atoms with Crippen LogP contribution in [0.4, 0.5) is 4.79 Å². The van der Waals surface area contributed by atoms with Crippen molar-refractivity contribution in [2.24, 2.45) is 5.10 Å². The summed E-state index contributed by atoms with van der Waals surface area (Å²) in [5.74, 6) is -0.371. The summed E-state index contributed by atoms with van der Waals surface area (Å²) in [5, 5.41) is 32.0. The Morgan fingerprint density at radius 1 is 1.05 bits per heavy atom. The van der Waals surface area contributed by atoms with Gasteiger partial charge in [-0.2, -0.15) is 4.59 Å². The number of hydrogen-bond acceptors (Lipinski definition) is 6. The van der Waals surface area contributed by atoms with E-state index in [1.54, 1.807) is 24.3 Å². The molecule has 0 radical (unpaired) electrons. The van der Waals surface area contributed by atoms with Crippen LogP contribution in [0.25, 0.3) is 0 Å². The third-order valence-corrected chi connectivity index (χ3v) is 6.53. The van der Waals surface area contributed by atoms with Gasteiger partial charge >= 0.3 is 6.09 Å². The van der Waals surface area contributed by atoms with Crippen LogP contribution in [0.1, 0.15) is 23.1 Å². The molecule has 1 amide bonds. The Balaban J connectivity index is 1.57. The zero-order valence-corrected chi connectivity index (χ0v) is 21.6. The second-order valence-corrected chi connectivity index (χ2v) is 9.84. The molecule has 1 heterocycles. The van der Waals surface area contributed by atoms with Gasteiger partial charge in [0.25, 0.3) is 0 Å². The minimum Gasteiger partial charge on any atom is -0.855 e. The van der Waals surface area contributed by atoms with Gasteiger partial charge in [-0.15, -0.1) is 0 Å². The Bertz CT molecular complexity index is 1170. The second kappa shape index (κ2) is 13.2. The number of quaternary nitrogens is 1. The van der Waals surface area contributed by atoms with E-state index in [0.29, 0.717) is 38.2 Å². The van der Waals surface area contributed by atoms with Crippen molar-refractivity contribution in [2.45, 2.75) is 37.6 Å². The number of ether oxygens (including phenoxy) is 2. The Morgan fingerprint density at radius 3 is 2.26 bits per heavy atom. The fraction of sp³-hybridized carbons (Fsp3) is 0.333. The predicted molar refractivity (Wildman–Crippen MR) is 143 cm³/mol. The number of nitrogens with zero attached hydrogens (tertiary/aromatic N) is 2. The quantitative estimate of drug-likeness (QED) is 0.176. The molecule has 1 saturated heterocycles. The van der Waals surface area contributed by atoms with Gasteiger partial charge in [-0.05, 0) is 17.5 Å². The highest BCUT2D eigenvalue weighted by molar-refractivity contribution is 5.89. The van der Waals surface area contributed by atoms with Crippen LogP contribution in [0.5, 0.6) is 0 Å². The van der Waals surface area contributed by atoms with Gasteiger partial charge in [-0.1, -0.05) is 96.1 Å². The Kier molecular flexibility index (Phi) is 9.48. The molecule has 0 saturated carbocycles. The van der Waals surface area contributed by atoms with Gasteiger partial charge < -0.3 is 25.0 Å². The molecule has 0 aliphatic carbocycles. The Hall–Kier alpha value is -3.72. The molecular formula is C30H35N3O5. The minimum absolute atomic E-state index is 0.0950. The van der Waals surface area contributed by atoms with E-state index in [-0.39, 0.29) is 23.1 Å². The van der Waals surface area contributed by atoms with Gasteiger partial charge in [-0.25, -0.2) is 4.79 Å². The number of hydrogen-bond donors (Lipinski definition) is 2. The molecule has 1 aliphatic heterocycles. The summed E-state index contributed by atoms with van der Waals surface area (Å²) in [5.41, 5.74) is 2.40. The van der Waals surface area contributed by atoms with E-state index < -0.39 is 18.2 Å². The molecular weight excluding hydrogens is 482 g/mol. The molecule has 0 spiro atoms. The number of carbonyl (C=O) groups excluding carboxylic acids is 1. The van der Waals surface area contributed by atoms with Gasteiger partial charge in [0.05, 0.1) is 32.2 Å². The number of likely N-dealkylation sites (N-methyl/N-ethyl adjacent to an activating group) is 1. The van der Waals surface area contributed by atoms with Crippen LogP contribution < -0.4 is 10.4 Å². The van der Waals surface area contributed by atoms with Crippen LogP contribution in [-0.2, 0) is 22.4 Å². The highest BCUT2D eigenvalue weighted by atomic mass is 16.6. The van der Waals surface area contributed by atoms with Crippen LogP contribution in [0.2, 0.25) is 0 Å². The zero-order valence-electron chi connectivity index (χ0n) is 21.6. The smallest absolute Gasteiger partial charge is 0.407 e. The van der Waals surface area contributed by atoms with E-state index >= 15 is 0 Å². The molecule has 8 heteroatoms. The minimum atomic E-state index is -1.02. The first-order valence-corrected chi connectivity index (χ1v) is 12.9. The normalized spacial score (nSPS) is 18.8. The number of benzene rings is 3. The maximum absolute atomic E-state index is 13.1. The molecule has 4 rings (SSSR count). The van der Waals surface area contributed by atoms with Gasteiger partial charge in [0.2, 0.25) is 0 Å². The number of amides is 1. The van der Waals surface area contributed by atoms with Gasteiger partial charge in [0, 0.05) is 12.0 Å². The molecule has 8 nitrogen and oxygen atoms in total. The standard InChI is InChI=1S/C30H35N3O5/c1-33(20-24-13-7-3-8-14-24,32-29(35)25-15-9-4-10-16-25)21-28(34)27(19-23-11-5-2-6-12-23)31-30(36)38-26-17-18-37-22-26/h2-16,26-28,34H,17-22H2,1H3,(H-,31,32,35,36)/t26?,27-,28-,33?/m0/s1. The zero-order chi connectivity index (χ0) is 26.8. The van der Waals surface area contributed by atoms with Crippen LogP contribution in [-0.4, -0.2) is 66.7 Å².